The van der Waals surface area contributed by atoms with E-state index < -0.39 is 0 Å². The molecule has 1 aromatic carbocycles. The van der Waals surface area contributed by atoms with Gasteiger partial charge in [-0.2, -0.15) is 0 Å². The topological polar surface area (TPSA) is 54.9 Å². The summed E-state index contributed by atoms with van der Waals surface area (Å²) in [6, 6.07) is 10.4. The van der Waals surface area contributed by atoms with Crippen molar-refractivity contribution in [2.45, 2.75) is 43.9 Å². The second-order valence-electron chi connectivity index (χ2n) is 6.95. The van der Waals surface area contributed by atoms with E-state index >= 15 is 0 Å². The first-order valence-corrected chi connectivity index (χ1v) is 11.2. The van der Waals surface area contributed by atoms with E-state index in [9.17, 15) is 4.79 Å². The van der Waals surface area contributed by atoms with Crippen LogP contribution in [0, 0.1) is 13.8 Å². The van der Waals surface area contributed by atoms with Gasteiger partial charge in [0.15, 0.2) is 0 Å². The number of benzene rings is 1. The average Bonchev–Trinajstić information content (AvgIpc) is 3.46. The van der Waals surface area contributed by atoms with Crippen LogP contribution in [0.3, 0.4) is 0 Å². The maximum Gasteiger partial charge on any atom is 0.261 e. The predicted molar refractivity (Wildman–Crippen MR) is 113 cm³/mol. The molecule has 1 fully saturated rings. The molecule has 0 radical (unpaired) electrons. The summed E-state index contributed by atoms with van der Waals surface area (Å²) in [6.07, 6.45) is 3.31. The van der Waals surface area contributed by atoms with E-state index in [1.165, 1.54) is 29.1 Å². The summed E-state index contributed by atoms with van der Waals surface area (Å²) in [5.41, 5.74) is 2.00. The van der Waals surface area contributed by atoms with Crippen molar-refractivity contribution in [1.29, 1.82) is 0 Å². The molecule has 2 heterocycles. The van der Waals surface area contributed by atoms with Crippen LogP contribution in [-0.2, 0) is 0 Å². The van der Waals surface area contributed by atoms with Crippen LogP contribution in [-0.4, -0.2) is 28.2 Å². The fraction of sp³-hybridized carbons (Fsp3) is 0.381. The van der Waals surface area contributed by atoms with Crippen molar-refractivity contribution in [1.82, 2.24) is 15.3 Å². The summed E-state index contributed by atoms with van der Waals surface area (Å²) in [5.74, 6) is 2.47. The Morgan fingerprint density at radius 3 is 2.74 bits per heavy atom. The maximum atomic E-state index is 12.7. The number of thioether (sulfide) groups is 1. The number of rotatable bonds is 7. The van der Waals surface area contributed by atoms with Crippen LogP contribution < -0.4 is 5.32 Å². The van der Waals surface area contributed by atoms with Gasteiger partial charge in [-0.25, -0.2) is 9.97 Å². The number of carbonyl (C=O) groups excluding carboxylic acids is 1. The van der Waals surface area contributed by atoms with Crippen LogP contribution in [0.15, 0.2) is 35.2 Å². The van der Waals surface area contributed by atoms with Crippen LogP contribution in [0.2, 0.25) is 0 Å². The van der Waals surface area contributed by atoms with E-state index in [2.05, 4.69) is 22.4 Å². The standard InChI is InChI=1S/C21H23N3OS2/c1-13-17-14(2)23-19(15-9-10-15)24-21(17)27-18(13)20(25)22-11-6-12-26-16-7-4-3-5-8-16/h3-5,7-8,15H,6,9-12H2,1-2H3,(H,22,25). The summed E-state index contributed by atoms with van der Waals surface area (Å²) in [4.78, 5) is 25.0. The predicted octanol–water partition coefficient (Wildman–Crippen LogP) is 5.10. The minimum Gasteiger partial charge on any atom is -0.351 e. The molecule has 1 aliphatic rings. The normalized spacial score (nSPS) is 13.9. The van der Waals surface area contributed by atoms with Crippen LogP contribution in [0.5, 0.6) is 0 Å². The molecule has 27 heavy (non-hydrogen) atoms. The molecule has 0 saturated heterocycles. The van der Waals surface area contributed by atoms with E-state index in [4.69, 9.17) is 4.98 Å². The number of thiophene rings is 1. The van der Waals surface area contributed by atoms with Crippen molar-refractivity contribution in [2.24, 2.45) is 0 Å². The number of aryl methyl sites for hydroxylation is 2. The smallest absolute Gasteiger partial charge is 0.261 e. The van der Waals surface area contributed by atoms with Gasteiger partial charge in [0.05, 0.1) is 10.6 Å². The zero-order valence-electron chi connectivity index (χ0n) is 15.6. The Bertz CT molecular complexity index is 964. The first-order chi connectivity index (χ1) is 13.1. The number of hydrogen-bond donors (Lipinski definition) is 1. The highest BCUT2D eigenvalue weighted by Crippen LogP contribution is 2.40. The first-order valence-electron chi connectivity index (χ1n) is 9.37. The van der Waals surface area contributed by atoms with Crippen LogP contribution in [0.25, 0.3) is 10.2 Å². The summed E-state index contributed by atoms with van der Waals surface area (Å²) in [7, 11) is 0. The van der Waals surface area contributed by atoms with E-state index in [1.54, 1.807) is 0 Å². The van der Waals surface area contributed by atoms with Gasteiger partial charge in [-0.1, -0.05) is 18.2 Å². The number of carbonyl (C=O) groups is 1. The van der Waals surface area contributed by atoms with E-state index in [0.29, 0.717) is 12.5 Å². The monoisotopic (exact) mass is 397 g/mol. The summed E-state index contributed by atoms with van der Waals surface area (Å²) >= 11 is 3.32. The van der Waals surface area contributed by atoms with E-state index in [1.807, 2.05) is 43.8 Å². The number of fused-ring (bicyclic) bond motifs is 1. The molecule has 4 nitrogen and oxygen atoms in total. The molecular weight excluding hydrogens is 374 g/mol. The number of aromatic nitrogens is 2. The quantitative estimate of drug-likeness (QED) is 0.445. The van der Waals surface area contributed by atoms with Crippen LogP contribution in [0.1, 0.15) is 51.9 Å². The second kappa shape index (κ2) is 7.98. The lowest BCUT2D eigenvalue weighted by Crippen LogP contribution is -2.24. The Morgan fingerprint density at radius 1 is 1.22 bits per heavy atom. The maximum absolute atomic E-state index is 12.7. The molecule has 0 bridgehead atoms. The van der Waals surface area contributed by atoms with E-state index in [0.717, 1.165) is 44.3 Å². The third-order valence-electron chi connectivity index (χ3n) is 4.76. The number of amides is 1. The SMILES string of the molecule is Cc1nc(C2CC2)nc2sc(C(=O)NCCCSc3ccccc3)c(C)c12. The van der Waals surface area contributed by atoms with Gasteiger partial charge in [0.1, 0.15) is 10.7 Å². The Balaban J connectivity index is 1.37. The van der Waals surface area contributed by atoms with Gasteiger partial charge in [-0.05, 0) is 56.6 Å². The Kier molecular flexibility index (Phi) is 5.45. The van der Waals surface area contributed by atoms with Gasteiger partial charge in [-0.15, -0.1) is 23.1 Å². The fourth-order valence-corrected chi connectivity index (χ4v) is 5.19. The highest BCUT2D eigenvalue weighted by Gasteiger charge is 2.28. The summed E-state index contributed by atoms with van der Waals surface area (Å²) in [6.45, 7) is 4.72. The van der Waals surface area contributed by atoms with Crippen molar-refractivity contribution < 1.29 is 4.79 Å². The minimum atomic E-state index is 0.00702. The highest BCUT2D eigenvalue weighted by atomic mass is 32.2. The molecule has 1 saturated carbocycles. The summed E-state index contributed by atoms with van der Waals surface area (Å²) in [5, 5.41) is 4.12. The molecule has 0 unspecified atom stereocenters. The lowest BCUT2D eigenvalue weighted by molar-refractivity contribution is 0.0957. The van der Waals surface area contributed by atoms with E-state index in [-0.39, 0.29) is 5.91 Å². The fourth-order valence-electron chi connectivity index (χ4n) is 3.16. The number of hydrogen-bond acceptors (Lipinski definition) is 5. The molecule has 1 N–H and O–H groups in total. The van der Waals surface area contributed by atoms with Gasteiger partial charge in [0, 0.05) is 22.7 Å². The molecule has 0 spiro atoms. The molecule has 1 amide bonds. The lowest BCUT2D eigenvalue weighted by Gasteiger charge is -2.05. The molecule has 140 valence electrons. The Labute approximate surface area is 167 Å². The van der Waals surface area contributed by atoms with Crippen LogP contribution >= 0.6 is 23.1 Å². The Hall–Kier alpha value is -1.92. The molecule has 0 aliphatic heterocycles. The molecule has 2 aromatic heterocycles. The van der Waals surface area contributed by atoms with Crippen LogP contribution in [0.4, 0.5) is 0 Å². The molecule has 1 aliphatic carbocycles. The molecule has 3 aromatic rings. The summed E-state index contributed by atoms with van der Waals surface area (Å²) < 4.78 is 0. The van der Waals surface area contributed by atoms with Crippen molar-refractivity contribution in [3.05, 3.63) is 52.3 Å². The zero-order valence-corrected chi connectivity index (χ0v) is 17.3. The lowest BCUT2D eigenvalue weighted by atomic mass is 10.1. The van der Waals surface area contributed by atoms with Gasteiger partial charge in [0.25, 0.3) is 5.91 Å². The van der Waals surface area contributed by atoms with Crippen molar-refractivity contribution in [3.8, 4) is 0 Å². The highest BCUT2D eigenvalue weighted by molar-refractivity contribution is 7.99. The number of nitrogens with zero attached hydrogens (tertiary/aromatic N) is 2. The third-order valence-corrected chi connectivity index (χ3v) is 7.04. The molecule has 6 heteroatoms. The largest absolute Gasteiger partial charge is 0.351 e. The second-order valence-corrected chi connectivity index (χ2v) is 9.12. The minimum absolute atomic E-state index is 0.00702. The van der Waals surface area contributed by atoms with Gasteiger partial charge in [-0.3, -0.25) is 4.79 Å². The van der Waals surface area contributed by atoms with Gasteiger partial charge >= 0.3 is 0 Å². The number of nitrogens with one attached hydrogen (secondary N) is 1. The molecule has 0 atom stereocenters. The van der Waals surface area contributed by atoms with Crippen molar-refractivity contribution in [3.63, 3.8) is 0 Å². The van der Waals surface area contributed by atoms with Crippen molar-refractivity contribution >= 4 is 39.2 Å². The average molecular weight is 398 g/mol. The third kappa shape index (κ3) is 4.17. The van der Waals surface area contributed by atoms with Crippen molar-refractivity contribution in [2.75, 3.05) is 12.3 Å². The van der Waals surface area contributed by atoms with Gasteiger partial charge in [0.2, 0.25) is 0 Å². The Morgan fingerprint density at radius 2 is 2.00 bits per heavy atom. The zero-order chi connectivity index (χ0) is 18.8. The van der Waals surface area contributed by atoms with Gasteiger partial charge < -0.3 is 5.32 Å². The molecular formula is C21H23N3OS2. The molecule has 4 rings (SSSR count). The first kappa shape index (κ1) is 18.4.